The van der Waals surface area contributed by atoms with Crippen molar-refractivity contribution in [2.45, 2.75) is 26.7 Å². The Labute approximate surface area is 136 Å². The third kappa shape index (κ3) is 3.11. The Morgan fingerprint density at radius 1 is 1.09 bits per heavy atom. The molecule has 0 spiro atoms. The summed E-state index contributed by atoms with van der Waals surface area (Å²) in [6.45, 7) is 4.73. The highest BCUT2D eigenvalue weighted by atomic mass is 16.2. The quantitative estimate of drug-likeness (QED) is 0.940. The second kappa shape index (κ2) is 6.24. The fraction of sp³-hybridized carbons (Fsp3) is 0.263. The van der Waals surface area contributed by atoms with Gasteiger partial charge in [0, 0.05) is 18.7 Å². The lowest BCUT2D eigenvalue weighted by Crippen LogP contribution is -2.27. The van der Waals surface area contributed by atoms with Crippen molar-refractivity contribution in [3.63, 3.8) is 0 Å². The number of nitrogens with one attached hydrogen (secondary N) is 1. The number of hydrogen-bond donors (Lipinski definition) is 1. The maximum absolute atomic E-state index is 12.6. The van der Waals surface area contributed by atoms with E-state index in [2.05, 4.69) is 5.32 Å². The number of nitrogens with zero attached hydrogens (tertiary/aromatic N) is 1. The van der Waals surface area contributed by atoms with Crippen LogP contribution < -0.4 is 10.2 Å². The molecule has 0 aliphatic carbocycles. The van der Waals surface area contributed by atoms with Crippen LogP contribution in [0, 0.1) is 13.8 Å². The molecule has 1 fully saturated rings. The van der Waals surface area contributed by atoms with Crippen LogP contribution in [0.15, 0.2) is 42.5 Å². The van der Waals surface area contributed by atoms with E-state index in [0.717, 1.165) is 17.7 Å². The van der Waals surface area contributed by atoms with Gasteiger partial charge in [0.2, 0.25) is 5.91 Å². The Kier molecular flexibility index (Phi) is 4.15. The number of aryl methyl sites for hydroxylation is 2. The molecule has 0 atom stereocenters. The van der Waals surface area contributed by atoms with Gasteiger partial charge in [-0.3, -0.25) is 9.59 Å². The standard InChI is InChI=1S/C19H20N2O2/c1-13-9-10-15(12-14(13)2)20-19(23)16-6-3-4-7-17(16)21-11-5-8-18(21)22/h3-4,6-7,9-10,12H,5,8,11H2,1-2H3,(H,20,23). The molecule has 118 valence electrons. The Bertz CT molecular complexity index is 768. The second-order valence-electron chi connectivity index (χ2n) is 5.92. The summed E-state index contributed by atoms with van der Waals surface area (Å²) in [6, 6.07) is 13.1. The van der Waals surface area contributed by atoms with Gasteiger partial charge >= 0.3 is 0 Å². The van der Waals surface area contributed by atoms with E-state index in [1.807, 2.05) is 50.2 Å². The highest BCUT2D eigenvalue weighted by Gasteiger charge is 2.25. The summed E-state index contributed by atoms with van der Waals surface area (Å²) in [4.78, 5) is 26.3. The number of benzene rings is 2. The largest absolute Gasteiger partial charge is 0.322 e. The number of amides is 2. The van der Waals surface area contributed by atoms with E-state index in [1.165, 1.54) is 5.56 Å². The third-order valence-corrected chi connectivity index (χ3v) is 4.28. The number of carbonyl (C=O) groups is 2. The van der Waals surface area contributed by atoms with E-state index in [0.29, 0.717) is 24.2 Å². The molecule has 0 aromatic heterocycles. The van der Waals surface area contributed by atoms with Crippen LogP contribution in [0.1, 0.15) is 34.3 Å². The Morgan fingerprint density at radius 3 is 2.57 bits per heavy atom. The first kappa shape index (κ1) is 15.3. The van der Waals surface area contributed by atoms with Crippen LogP contribution in [0.4, 0.5) is 11.4 Å². The van der Waals surface area contributed by atoms with E-state index >= 15 is 0 Å². The molecule has 1 saturated heterocycles. The van der Waals surface area contributed by atoms with E-state index < -0.39 is 0 Å². The zero-order valence-corrected chi connectivity index (χ0v) is 13.4. The van der Waals surface area contributed by atoms with Crippen LogP contribution in [-0.2, 0) is 4.79 Å². The molecule has 1 aliphatic rings. The molecule has 0 bridgehead atoms. The first-order valence-electron chi connectivity index (χ1n) is 7.84. The Balaban J connectivity index is 1.87. The van der Waals surface area contributed by atoms with Crippen LogP contribution in [0.2, 0.25) is 0 Å². The predicted octanol–water partition coefficient (Wildman–Crippen LogP) is 3.68. The number of carbonyl (C=O) groups excluding carboxylic acids is 2. The normalized spacial score (nSPS) is 14.2. The summed E-state index contributed by atoms with van der Waals surface area (Å²) in [6.07, 6.45) is 1.39. The van der Waals surface area contributed by atoms with Crippen molar-refractivity contribution in [2.24, 2.45) is 0 Å². The van der Waals surface area contributed by atoms with Gasteiger partial charge in [-0.15, -0.1) is 0 Å². The molecule has 0 radical (unpaired) electrons. The summed E-state index contributed by atoms with van der Waals surface area (Å²) in [5.41, 5.74) is 4.30. The van der Waals surface area contributed by atoms with Gasteiger partial charge in [0.1, 0.15) is 0 Å². The average Bonchev–Trinajstić information content (AvgIpc) is 2.97. The van der Waals surface area contributed by atoms with Gasteiger partial charge in [0.25, 0.3) is 5.91 Å². The highest BCUT2D eigenvalue weighted by Crippen LogP contribution is 2.26. The number of anilines is 2. The van der Waals surface area contributed by atoms with Crippen molar-refractivity contribution < 1.29 is 9.59 Å². The molecule has 4 nitrogen and oxygen atoms in total. The lowest BCUT2D eigenvalue weighted by molar-refractivity contribution is -0.117. The molecule has 2 aromatic rings. The van der Waals surface area contributed by atoms with Crippen LogP contribution >= 0.6 is 0 Å². The molecule has 23 heavy (non-hydrogen) atoms. The summed E-state index contributed by atoms with van der Waals surface area (Å²) in [5, 5.41) is 2.93. The number of hydrogen-bond acceptors (Lipinski definition) is 2. The van der Waals surface area contributed by atoms with Crippen molar-refractivity contribution in [1.29, 1.82) is 0 Å². The number of rotatable bonds is 3. The van der Waals surface area contributed by atoms with Crippen LogP contribution in [0.25, 0.3) is 0 Å². The summed E-state index contributed by atoms with van der Waals surface area (Å²) in [7, 11) is 0. The summed E-state index contributed by atoms with van der Waals surface area (Å²) < 4.78 is 0. The highest BCUT2D eigenvalue weighted by molar-refractivity contribution is 6.11. The van der Waals surface area contributed by atoms with Gasteiger partial charge in [-0.1, -0.05) is 18.2 Å². The molecule has 3 rings (SSSR count). The SMILES string of the molecule is Cc1ccc(NC(=O)c2ccccc2N2CCCC2=O)cc1C. The Morgan fingerprint density at radius 2 is 1.87 bits per heavy atom. The van der Waals surface area contributed by atoms with Crippen LogP contribution in [0.3, 0.4) is 0 Å². The van der Waals surface area contributed by atoms with Gasteiger partial charge in [0.15, 0.2) is 0 Å². The lowest BCUT2D eigenvalue weighted by Gasteiger charge is -2.19. The van der Waals surface area contributed by atoms with Crippen molar-refractivity contribution in [1.82, 2.24) is 0 Å². The van der Waals surface area contributed by atoms with E-state index in [1.54, 1.807) is 11.0 Å². The molecule has 2 aromatic carbocycles. The van der Waals surface area contributed by atoms with Crippen molar-refractivity contribution in [3.05, 3.63) is 59.2 Å². The van der Waals surface area contributed by atoms with Gasteiger partial charge in [-0.05, 0) is 55.7 Å². The molecule has 0 saturated carbocycles. The maximum atomic E-state index is 12.6. The van der Waals surface area contributed by atoms with Crippen molar-refractivity contribution >= 4 is 23.2 Å². The molecule has 2 amide bonds. The maximum Gasteiger partial charge on any atom is 0.257 e. The van der Waals surface area contributed by atoms with E-state index in [4.69, 9.17) is 0 Å². The summed E-state index contributed by atoms with van der Waals surface area (Å²) in [5.74, 6) is -0.111. The van der Waals surface area contributed by atoms with E-state index in [-0.39, 0.29) is 11.8 Å². The van der Waals surface area contributed by atoms with Crippen molar-refractivity contribution in [2.75, 3.05) is 16.8 Å². The lowest BCUT2D eigenvalue weighted by atomic mass is 10.1. The van der Waals surface area contributed by atoms with E-state index in [9.17, 15) is 9.59 Å². The molecule has 1 heterocycles. The molecule has 1 N–H and O–H groups in total. The fourth-order valence-electron chi connectivity index (χ4n) is 2.82. The summed E-state index contributed by atoms with van der Waals surface area (Å²) >= 11 is 0. The Hall–Kier alpha value is -2.62. The monoisotopic (exact) mass is 308 g/mol. The smallest absolute Gasteiger partial charge is 0.257 e. The third-order valence-electron chi connectivity index (χ3n) is 4.28. The minimum Gasteiger partial charge on any atom is -0.322 e. The fourth-order valence-corrected chi connectivity index (χ4v) is 2.82. The minimum absolute atomic E-state index is 0.0800. The van der Waals surface area contributed by atoms with Gasteiger partial charge < -0.3 is 10.2 Å². The molecular formula is C19H20N2O2. The minimum atomic E-state index is -0.191. The van der Waals surface area contributed by atoms with Gasteiger partial charge in [0.05, 0.1) is 11.3 Å². The predicted molar refractivity (Wildman–Crippen MR) is 91.9 cm³/mol. The average molecular weight is 308 g/mol. The van der Waals surface area contributed by atoms with Gasteiger partial charge in [-0.25, -0.2) is 0 Å². The zero-order valence-electron chi connectivity index (χ0n) is 13.4. The topological polar surface area (TPSA) is 49.4 Å². The first-order valence-corrected chi connectivity index (χ1v) is 7.84. The molecule has 1 aliphatic heterocycles. The molecular weight excluding hydrogens is 288 g/mol. The molecule has 4 heteroatoms. The van der Waals surface area contributed by atoms with Gasteiger partial charge in [-0.2, -0.15) is 0 Å². The zero-order chi connectivity index (χ0) is 16.4. The van der Waals surface area contributed by atoms with Crippen LogP contribution in [0.5, 0.6) is 0 Å². The first-order chi connectivity index (χ1) is 11.1. The number of para-hydroxylation sites is 1. The van der Waals surface area contributed by atoms with Crippen molar-refractivity contribution in [3.8, 4) is 0 Å². The second-order valence-corrected chi connectivity index (χ2v) is 5.92. The van der Waals surface area contributed by atoms with Crippen LogP contribution in [-0.4, -0.2) is 18.4 Å². The molecule has 0 unspecified atom stereocenters.